The Bertz CT molecular complexity index is 791. The van der Waals surface area contributed by atoms with Crippen LogP contribution in [0.25, 0.3) is 0 Å². The van der Waals surface area contributed by atoms with E-state index in [4.69, 9.17) is 20.1 Å². The third kappa shape index (κ3) is 29.3. The molecule has 0 bridgehead atoms. The Morgan fingerprint density at radius 3 is 1.12 bits per heavy atom. The molecular weight excluding hydrogens is 480 g/mol. The number of nitrogens with zero attached hydrogens (tertiary/aromatic N) is 2. The van der Waals surface area contributed by atoms with Gasteiger partial charge in [0.05, 0.1) is 0 Å². The Balaban J connectivity index is -0.000000341. The average molecular weight is 511 g/mol. The predicted molar refractivity (Wildman–Crippen MR) is 141 cm³/mol. The van der Waals surface area contributed by atoms with Gasteiger partial charge in [-0.3, -0.25) is 19.8 Å². The summed E-state index contributed by atoms with van der Waals surface area (Å²) in [6, 6.07) is 31.7. The van der Waals surface area contributed by atoms with Gasteiger partial charge in [-0.05, 0) is 36.8 Å². The van der Waals surface area contributed by atoms with Crippen LogP contribution in [0, 0.1) is 6.92 Å². The van der Waals surface area contributed by atoms with Crippen LogP contribution in [0.5, 0.6) is 0 Å². The zero-order chi connectivity index (χ0) is 23.0. The molecule has 0 aliphatic heterocycles. The first kappa shape index (κ1) is 34.9. The van der Waals surface area contributed by atoms with Crippen LogP contribution in [0.2, 0.25) is 0 Å². The molecule has 0 aliphatic carbocycles. The smallest absolute Gasteiger partial charge is 0.326 e. The number of hydrogen-bond donors (Lipinski definition) is 3. The molecule has 1 radical (unpaired) electrons. The van der Waals surface area contributed by atoms with Gasteiger partial charge in [0.25, 0.3) is 0 Å². The van der Waals surface area contributed by atoms with Crippen molar-refractivity contribution in [1.82, 2.24) is 9.97 Å². The van der Waals surface area contributed by atoms with Crippen molar-refractivity contribution in [2.75, 3.05) is 0 Å². The SMILES string of the molecule is Cc1ccccc1.Cl.Cl.NCc1ccccc1.O=[P](O)O.c1ccncc1.c1ccncc1. The number of aromatic nitrogens is 2. The average Bonchev–Trinajstić information content (AvgIpc) is 2.83. The van der Waals surface area contributed by atoms with E-state index in [9.17, 15) is 0 Å². The zero-order valence-corrected chi connectivity index (χ0v) is 20.8. The van der Waals surface area contributed by atoms with Crippen molar-refractivity contribution < 1.29 is 14.4 Å². The number of aryl methyl sites for hydroxylation is 1. The molecule has 2 aromatic carbocycles. The highest BCUT2D eigenvalue weighted by Crippen LogP contribution is 1.98. The minimum atomic E-state index is -2.87. The van der Waals surface area contributed by atoms with Crippen molar-refractivity contribution in [3.63, 3.8) is 0 Å². The summed E-state index contributed by atoms with van der Waals surface area (Å²) in [7, 11) is -2.87. The lowest BCUT2D eigenvalue weighted by Crippen LogP contribution is -1.94. The largest absolute Gasteiger partial charge is 0.363 e. The van der Waals surface area contributed by atoms with Crippen LogP contribution in [0.4, 0.5) is 0 Å². The molecule has 0 saturated carbocycles. The molecule has 0 saturated heterocycles. The van der Waals surface area contributed by atoms with Gasteiger partial charge in [-0.25, -0.2) is 4.57 Å². The van der Waals surface area contributed by atoms with Crippen LogP contribution in [-0.2, 0) is 11.1 Å². The minimum Gasteiger partial charge on any atom is -0.326 e. The maximum Gasteiger partial charge on any atom is 0.363 e. The van der Waals surface area contributed by atoms with Gasteiger partial charge in [0.2, 0.25) is 0 Å². The lowest BCUT2D eigenvalue weighted by molar-refractivity contribution is 0.405. The van der Waals surface area contributed by atoms with Crippen LogP contribution in [0.15, 0.2) is 122 Å². The highest BCUT2D eigenvalue weighted by atomic mass is 35.5. The normalized spacial score (nSPS) is 7.76. The van der Waals surface area contributed by atoms with Crippen molar-refractivity contribution in [3.05, 3.63) is 133 Å². The lowest BCUT2D eigenvalue weighted by atomic mass is 10.2. The summed E-state index contributed by atoms with van der Waals surface area (Å²) in [5.41, 5.74) is 7.86. The quantitative estimate of drug-likeness (QED) is 0.280. The van der Waals surface area contributed by atoms with Crippen LogP contribution in [0.3, 0.4) is 0 Å². The molecule has 0 fully saturated rings. The van der Waals surface area contributed by atoms with E-state index in [1.54, 1.807) is 24.8 Å². The molecule has 6 nitrogen and oxygen atoms in total. The second kappa shape index (κ2) is 27.3. The van der Waals surface area contributed by atoms with Crippen LogP contribution in [0.1, 0.15) is 11.1 Å². The molecule has 4 rings (SSSR count). The Labute approximate surface area is 209 Å². The van der Waals surface area contributed by atoms with Gasteiger partial charge in [-0.15, -0.1) is 24.8 Å². The maximum atomic E-state index is 8.70. The van der Waals surface area contributed by atoms with E-state index in [0.29, 0.717) is 6.54 Å². The van der Waals surface area contributed by atoms with E-state index < -0.39 is 8.25 Å². The summed E-state index contributed by atoms with van der Waals surface area (Å²) in [6.45, 7) is 2.72. The number of benzene rings is 2. The number of halogens is 2. The minimum absolute atomic E-state index is 0. The second-order valence-corrected chi connectivity index (χ2v) is 6.15. The van der Waals surface area contributed by atoms with E-state index in [2.05, 4.69) is 29.0 Å². The highest BCUT2D eigenvalue weighted by molar-refractivity contribution is 7.30. The molecule has 2 aromatic heterocycles. The Morgan fingerprint density at radius 2 is 0.970 bits per heavy atom. The molecule has 0 amide bonds. The number of hydrogen-bond acceptors (Lipinski definition) is 4. The molecule has 4 N–H and O–H groups in total. The second-order valence-electron chi connectivity index (χ2n) is 5.65. The van der Waals surface area contributed by atoms with Crippen LogP contribution in [-0.4, -0.2) is 19.8 Å². The maximum absolute atomic E-state index is 8.70. The summed E-state index contributed by atoms with van der Waals surface area (Å²) in [5, 5.41) is 0. The van der Waals surface area contributed by atoms with E-state index in [1.807, 2.05) is 84.9 Å². The first-order valence-electron chi connectivity index (χ1n) is 9.37. The first-order valence-corrected chi connectivity index (χ1v) is 10.5. The molecule has 2 heterocycles. The molecule has 33 heavy (non-hydrogen) atoms. The summed E-state index contributed by atoms with van der Waals surface area (Å²) in [5.74, 6) is 0. The molecule has 179 valence electrons. The third-order valence-electron chi connectivity index (χ3n) is 3.15. The summed E-state index contributed by atoms with van der Waals surface area (Å²) >= 11 is 0. The van der Waals surface area contributed by atoms with Crippen LogP contribution < -0.4 is 5.73 Å². The number of pyridine rings is 2. The summed E-state index contributed by atoms with van der Waals surface area (Å²) in [6.07, 6.45) is 7.00. The van der Waals surface area contributed by atoms with Crippen molar-refractivity contribution in [2.24, 2.45) is 5.73 Å². The summed E-state index contributed by atoms with van der Waals surface area (Å²) in [4.78, 5) is 21.8. The summed E-state index contributed by atoms with van der Waals surface area (Å²) < 4.78 is 8.70. The number of nitrogens with two attached hydrogens (primary N) is 1. The Hall–Kier alpha value is -2.70. The van der Waals surface area contributed by atoms with Crippen molar-refractivity contribution in [3.8, 4) is 0 Å². The van der Waals surface area contributed by atoms with Gasteiger partial charge < -0.3 is 5.73 Å². The molecule has 0 unspecified atom stereocenters. The van der Waals surface area contributed by atoms with Gasteiger partial charge in [0.1, 0.15) is 0 Å². The third-order valence-corrected chi connectivity index (χ3v) is 3.15. The van der Waals surface area contributed by atoms with Gasteiger partial charge in [0.15, 0.2) is 0 Å². The standard InChI is InChI=1S/C7H9N.C7H8.2C5H5N.2ClH.H2O3P/c8-6-7-4-2-1-3-5-7;1-7-5-3-2-4-6-7;2*1-2-4-6-5-3-1;;;1-4(2)3/h1-5H,6,8H2;2-6H,1H3;2*1-5H;2*1H;(H2,1,2,3). The fraction of sp³-hybridized carbons (Fsp3) is 0.0833. The highest BCUT2D eigenvalue weighted by Gasteiger charge is 1.80. The molecule has 4 aromatic rings. The van der Waals surface area contributed by atoms with Crippen molar-refractivity contribution >= 4 is 33.1 Å². The van der Waals surface area contributed by atoms with Gasteiger partial charge in [-0.2, -0.15) is 0 Å². The predicted octanol–water partition coefficient (Wildman–Crippen LogP) is 5.78. The van der Waals surface area contributed by atoms with E-state index >= 15 is 0 Å². The van der Waals surface area contributed by atoms with E-state index in [0.717, 1.165) is 0 Å². The van der Waals surface area contributed by atoms with Gasteiger partial charge >= 0.3 is 8.25 Å². The van der Waals surface area contributed by atoms with Crippen LogP contribution >= 0.6 is 33.1 Å². The van der Waals surface area contributed by atoms with Crippen molar-refractivity contribution in [1.29, 1.82) is 0 Å². The zero-order valence-electron chi connectivity index (χ0n) is 18.3. The molecule has 9 heteroatoms. The fourth-order valence-corrected chi connectivity index (χ4v) is 1.77. The van der Waals surface area contributed by atoms with E-state index in [1.165, 1.54) is 11.1 Å². The Kier molecular flexibility index (Phi) is 28.9. The fourth-order valence-electron chi connectivity index (χ4n) is 1.77. The van der Waals surface area contributed by atoms with E-state index in [-0.39, 0.29) is 24.8 Å². The first-order chi connectivity index (χ1) is 15.1. The van der Waals surface area contributed by atoms with Gasteiger partial charge in [-0.1, -0.05) is 78.4 Å². The Morgan fingerprint density at radius 1 is 0.667 bits per heavy atom. The molecule has 0 spiro atoms. The number of rotatable bonds is 1. The lowest BCUT2D eigenvalue weighted by Gasteiger charge is -1.90. The van der Waals surface area contributed by atoms with Gasteiger partial charge in [0, 0.05) is 31.3 Å². The molecular formula is C24H31Cl2N3O3P. The molecule has 0 aliphatic rings. The monoisotopic (exact) mass is 510 g/mol. The topological polar surface area (TPSA) is 109 Å². The van der Waals surface area contributed by atoms with Crippen molar-refractivity contribution in [2.45, 2.75) is 13.5 Å². The molecule has 0 atom stereocenters.